The molecule has 0 N–H and O–H groups in total. The van der Waals surface area contributed by atoms with E-state index in [1.807, 2.05) is 0 Å². The van der Waals surface area contributed by atoms with E-state index in [-0.39, 0.29) is 5.92 Å². The summed E-state index contributed by atoms with van der Waals surface area (Å²) in [6.07, 6.45) is 8.87. The van der Waals surface area contributed by atoms with Crippen LogP contribution in [-0.2, 0) is 17.9 Å². The van der Waals surface area contributed by atoms with E-state index in [9.17, 15) is 4.79 Å². The zero-order valence-electron chi connectivity index (χ0n) is 15.7. The van der Waals surface area contributed by atoms with Gasteiger partial charge in [0.1, 0.15) is 0 Å². The van der Waals surface area contributed by atoms with Crippen LogP contribution in [0.15, 0.2) is 47.1 Å². The van der Waals surface area contributed by atoms with Crippen molar-refractivity contribution in [3.05, 3.63) is 58.3 Å². The van der Waals surface area contributed by atoms with Crippen molar-refractivity contribution >= 4 is 21.8 Å². The average Bonchev–Trinajstić information content (AvgIpc) is 3.32. The Morgan fingerprint density at radius 1 is 1.19 bits per heavy atom. The van der Waals surface area contributed by atoms with Gasteiger partial charge in [0.25, 0.3) is 0 Å². The molecule has 2 aromatic rings. The second-order valence-electron chi connectivity index (χ2n) is 7.35. The van der Waals surface area contributed by atoms with Gasteiger partial charge in [-0.25, -0.2) is 0 Å². The molecule has 1 saturated carbocycles. The van der Waals surface area contributed by atoms with Gasteiger partial charge in [-0.05, 0) is 49.1 Å². The van der Waals surface area contributed by atoms with Gasteiger partial charge in [-0.1, -0.05) is 54.2 Å². The number of rotatable bonds is 8. The summed E-state index contributed by atoms with van der Waals surface area (Å²) in [5.41, 5.74) is 2.49. The zero-order chi connectivity index (χ0) is 18.4. The molecule has 1 aromatic carbocycles. The summed E-state index contributed by atoms with van der Waals surface area (Å²) in [6, 6.07) is 12.7. The highest BCUT2D eigenvalue weighted by atomic mass is 79.9. The van der Waals surface area contributed by atoms with E-state index in [1.54, 1.807) is 0 Å². The molecule has 1 heterocycles. The maximum atomic E-state index is 13.0. The van der Waals surface area contributed by atoms with Gasteiger partial charge in [0.2, 0.25) is 5.91 Å². The summed E-state index contributed by atoms with van der Waals surface area (Å²) in [7, 11) is 0. The van der Waals surface area contributed by atoms with E-state index in [0.29, 0.717) is 5.91 Å². The van der Waals surface area contributed by atoms with Gasteiger partial charge in [-0.15, -0.1) is 0 Å². The minimum atomic E-state index is 0.252. The fraction of sp³-hybridized carbons (Fsp3) is 0.500. The Morgan fingerprint density at radius 3 is 2.62 bits per heavy atom. The van der Waals surface area contributed by atoms with Crippen molar-refractivity contribution in [1.29, 1.82) is 0 Å². The molecule has 0 aliphatic heterocycles. The normalized spacial score (nSPS) is 14.7. The standard InChI is InChI=1S/C22H29BrN2O/c1-2-3-14-25(22(26)19-7-4-5-8-19)17-21-9-6-15-24(21)16-18-10-12-20(23)13-11-18/h6,9-13,15,19H,2-5,7-8,14,16-17H2,1H3. The van der Waals surface area contributed by atoms with E-state index in [2.05, 4.69) is 74.9 Å². The minimum absolute atomic E-state index is 0.252. The molecule has 1 aromatic heterocycles. The topological polar surface area (TPSA) is 25.2 Å². The van der Waals surface area contributed by atoms with Gasteiger partial charge in [0, 0.05) is 35.4 Å². The molecule has 0 radical (unpaired) electrons. The van der Waals surface area contributed by atoms with Gasteiger partial charge >= 0.3 is 0 Å². The quantitative estimate of drug-likeness (QED) is 0.548. The van der Waals surface area contributed by atoms with Gasteiger partial charge in [-0.2, -0.15) is 0 Å². The number of hydrogen-bond acceptors (Lipinski definition) is 1. The number of nitrogens with zero attached hydrogens (tertiary/aromatic N) is 2. The van der Waals surface area contributed by atoms with Crippen LogP contribution in [0.5, 0.6) is 0 Å². The van der Waals surface area contributed by atoms with Crippen molar-refractivity contribution in [1.82, 2.24) is 9.47 Å². The van der Waals surface area contributed by atoms with E-state index >= 15 is 0 Å². The van der Waals surface area contributed by atoms with Crippen molar-refractivity contribution < 1.29 is 4.79 Å². The maximum Gasteiger partial charge on any atom is 0.226 e. The summed E-state index contributed by atoms with van der Waals surface area (Å²) in [5.74, 6) is 0.620. The van der Waals surface area contributed by atoms with Crippen molar-refractivity contribution in [2.24, 2.45) is 5.92 Å². The molecule has 3 rings (SSSR count). The first-order valence-electron chi connectivity index (χ1n) is 9.84. The lowest BCUT2D eigenvalue weighted by Gasteiger charge is -2.26. The summed E-state index contributed by atoms with van der Waals surface area (Å²) in [6.45, 7) is 4.62. The smallest absolute Gasteiger partial charge is 0.226 e. The molecule has 1 amide bonds. The molecule has 0 spiro atoms. The van der Waals surface area contributed by atoms with E-state index in [0.717, 1.165) is 49.8 Å². The minimum Gasteiger partial charge on any atom is -0.345 e. The third-order valence-corrected chi connectivity index (χ3v) is 5.87. The lowest BCUT2D eigenvalue weighted by molar-refractivity contribution is -0.136. The molecule has 0 bridgehead atoms. The van der Waals surface area contributed by atoms with E-state index in [1.165, 1.54) is 24.1 Å². The van der Waals surface area contributed by atoms with Crippen molar-refractivity contribution in [2.75, 3.05) is 6.54 Å². The zero-order valence-corrected chi connectivity index (χ0v) is 17.2. The highest BCUT2D eigenvalue weighted by Gasteiger charge is 2.27. The Balaban J connectivity index is 1.71. The second kappa shape index (κ2) is 9.40. The molecule has 1 aliphatic carbocycles. The van der Waals surface area contributed by atoms with E-state index in [4.69, 9.17) is 0 Å². The Morgan fingerprint density at radius 2 is 1.92 bits per heavy atom. The fourth-order valence-electron chi connectivity index (χ4n) is 3.78. The highest BCUT2D eigenvalue weighted by molar-refractivity contribution is 9.10. The first kappa shape index (κ1) is 19.2. The van der Waals surface area contributed by atoms with Crippen LogP contribution < -0.4 is 0 Å². The Kier molecular flexibility index (Phi) is 6.95. The van der Waals surface area contributed by atoms with Gasteiger partial charge in [0.15, 0.2) is 0 Å². The lowest BCUT2D eigenvalue weighted by atomic mass is 10.1. The van der Waals surface area contributed by atoms with Crippen LogP contribution in [0.1, 0.15) is 56.7 Å². The van der Waals surface area contributed by atoms with Crippen LogP contribution in [0.3, 0.4) is 0 Å². The first-order valence-corrected chi connectivity index (χ1v) is 10.6. The molecule has 0 atom stereocenters. The third-order valence-electron chi connectivity index (χ3n) is 5.34. The molecule has 3 nitrogen and oxygen atoms in total. The Labute approximate surface area is 165 Å². The number of hydrogen-bond donors (Lipinski definition) is 0. The molecule has 0 unspecified atom stereocenters. The molecule has 0 saturated heterocycles. The van der Waals surface area contributed by atoms with Gasteiger partial charge in [-0.3, -0.25) is 4.79 Å². The average molecular weight is 417 g/mol. The Hall–Kier alpha value is -1.55. The number of benzene rings is 1. The summed E-state index contributed by atoms with van der Waals surface area (Å²) in [4.78, 5) is 15.1. The second-order valence-corrected chi connectivity index (χ2v) is 8.26. The molecular weight excluding hydrogens is 388 g/mol. The van der Waals surface area contributed by atoms with Crippen LogP contribution in [0, 0.1) is 5.92 Å². The fourth-order valence-corrected chi connectivity index (χ4v) is 4.04. The highest BCUT2D eigenvalue weighted by Crippen LogP contribution is 2.27. The first-order chi connectivity index (χ1) is 12.7. The van der Waals surface area contributed by atoms with Crippen LogP contribution in [-0.4, -0.2) is 21.9 Å². The SMILES string of the molecule is CCCCN(Cc1cccn1Cc1ccc(Br)cc1)C(=O)C1CCCC1. The molecular formula is C22H29BrN2O. The van der Waals surface area contributed by atoms with Crippen molar-refractivity contribution in [2.45, 2.75) is 58.5 Å². The van der Waals surface area contributed by atoms with E-state index < -0.39 is 0 Å². The predicted octanol–water partition coefficient (Wildman–Crippen LogP) is 5.62. The molecule has 140 valence electrons. The summed E-state index contributed by atoms with van der Waals surface area (Å²) < 4.78 is 3.37. The Bertz CT molecular complexity index is 701. The number of carbonyl (C=O) groups excluding carboxylic acids is 1. The maximum absolute atomic E-state index is 13.0. The lowest BCUT2D eigenvalue weighted by Crippen LogP contribution is -2.36. The molecule has 26 heavy (non-hydrogen) atoms. The summed E-state index contributed by atoms with van der Waals surface area (Å²) in [5, 5.41) is 0. The largest absolute Gasteiger partial charge is 0.345 e. The third kappa shape index (κ3) is 5.00. The van der Waals surface area contributed by atoms with Crippen LogP contribution in [0.4, 0.5) is 0 Å². The van der Waals surface area contributed by atoms with Crippen LogP contribution in [0.25, 0.3) is 0 Å². The van der Waals surface area contributed by atoms with Crippen molar-refractivity contribution in [3.63, 3.8) is 0 Å². The van der Waals surface area contributed by atoms with Gasteiger partial charge < -0.3 is 9.47 Å². The number of carbonyl (C=O) groups is 1. The van der Waals surface area contributed by atoms with Crippen LogP contribution >= 0.6 is 15.9 Å². The number of halogens is 1. The number of amides is 1. The molecule has 1 fully saturated rings. The molecule has 4 heteroatoms. The monoisotopic (exact) mass is 416 g/mol. The predicted molar refractivity (Wildman–Crippen MR) is 110 cm³/mol. The molecule has 1 aliphatic rings. The number of unbranched alkanes of at least 4 members (excludes halogenated alkanes) is 1. The van der Waals surface area contributed by atoms with Crippen molar-refractivity contribution in [3.8, 4) is 0 Å². The van der Waals surface area contributed by atoms with Crippen LogP contribution in [0.2, 0.25) is 0 Å². The van der Waals surface area contributed by atoms with Gasteiger partial charge in [0.05, 0.1) is 6.54 Å². The summed E-state index contributed by atoms with van der Waals surface area (Å²) >= 11 is 3.49. The number of aromatic nitrogens is 1.